The van der Waals surface area contributed by atoms with Crippen molar-refractivity contribution in [2.24, 2.45) is 0 Å². The van der Waals surface area contributed by atoms with Crippen LogP contribution in [0.2, 0.25) is 0 Å². The highest BCUT2D eigenvalue weighted by atomic mass is 32.1. The molecule has 1 N–H and O–H groups in total. The van der Waals surface area contributed by atoms with Crippen molar-refractivity contribution in [2.45, 2.75) is 26.1 Å². The van der Waals surface area contributed by atoms with Crippen LogP contribution in [0.25, 0.3) is 0 Å². The molecular formula is C15H15F4NS. The van der Waals surface area contributed by atoms with Crippen LogP contribution in [0.1, 0.15) is 34.5 Å². The minimum absolute atomic E-state index is 0.0252. The molecule has 2 aromatic rings. The Labute approximate surface area is 124 Å². The molecule has 0 saturated heterocycles. The van der Waals surface area contributed by atoms with Crippen molar-refractivity contribution in [1.29, 1.82) is 0 Å². The first-order chi connectivity index (χ1) is 9.84. The average molecular weight is 317 g/mol. The molecule has 0 spiro atoms. The van der Waals surface area contributed by atoms with E-state index in [-0.39, 0.29) is 5.56 Å². The van der Waals surface area contributed by atoms with Crippen LogP contribution < -0.4 is 5.32 Å². The summed E-state index contributed by atoms with van der Waals surface area (Å²) in [5.41, 5.74) is 0.121. The molecule has 1 unspecified atom stereocenters. The van der Waals surface area contributed by atoms with Crippen LogP contribution in [0.5, 0.6) is 0 Å². The molecule has 1 aromatic heterocycles. The van der Waals surface area contributed by atoms with Crippen LogP contribution >= 0.6 is 11.3 Å². The lowest BCUT2D eigenvalue weighted by molar-refractivity contribution is -0.137. The quantitative estimate of drug-likeness (QED) is 0.790. The van der Waals surface area contributed by atoms with Gasteiger partial charge in [0.1, 0.15) is 5.82 Å². The fourth-order valence-electron chi connectivity index (χ4n) is 2.17. The number of benzene rings is 1. The van der Waals surface area contributed by atoms with E-state index < -0.39 is 23.6 Å². The maximum Gasteiger partial charge on any atom is 0.416 e. The second-order valence-electron chi connectivity index (χ2n) is 4.69. The molecule has 21 heavy (non-hydrogen) atoms. The summed E-state index contributed by atoms with van der Waals surface area (Å²) < 4.78 is 52.5. The highest BCUT2D eigenvalue weighted by Gasteiger charge is 2.32. The Morgan fingerprint density at radius 2 is 1.95 bits per heavy atom. The van der Waals surface area contributed by atoms with E-state index in [1.54, 1.807) is 0 Å². The minimum atomic E-state index is -4.48. The van der Waals surface area contributed by atoms with E-state index in [2.05, 4.69) is 5.32 Å². The van der Waals surface area contributed by atoms with Crippen LogP contribution in [0.4, 0.5) is 17.6 Å². The molecule has 6 heteroatoms. The summed E-state index contributed by atoms with van der Waals surface area (Å²) in [5.74, 6) is -0.637. The Bertz CT molecular complexity index is 618. The van der Waals surface area contributed by atoms with Crippen LogP contribution in [0.15, 0.2) is 29.6 Å². The molecule has 2 rings (SSSR count). The molecule has 0 saturated carbocycles. The van der Waals surface area contributed by atoms with Crippen molar-refractivity contribution in [1.82, 2.24) is 5.32 Å². The van der Waals surface area contributed by atoms with E-state index in [0.717, 1.165) is 28.6 Å². The number of nitrogens with one attached hydrogen (secondary N) is 1. The van der Waals surface area contributed by atoms with Crippen molar-refractivity contribution in [3.63, 3.8) is 0 Å². The Morgan fingerprint density at radius 3 is 2.48 bits per heavy atom. The number of thiophene rings is 1. The second-order valence-corrected chi connectivity index (χ2v) is 5.64. The summed E-state index contributed by atoms with van der Waals surface area (Å²) in [6.45, 7) is 4.22. The second kappa shape index (κ2) is 6.15. The van der Waals surface area contributed by atoms with E-state index in [9.17, 15) is 17.6 Å². The van der Waals surface area contributed by atoms with Gasteiger partial charge in [-0.15, -0.1) is 11.3 Å². The molecule has 0 radical (unpaired) electrons. The van der Waals surface area contributed by atoms with E-state index in [4.69, 9.17) is 0 Å². The molecule has 1 nitrogen and oxygen atoms in total. The van der Waals surface area contributed by atoms with Crippen molar-refractivity contribution >= 4 is 11.3 Å². The van der Waals surface area contributed by atoms with Gasteiger partial charge in [-0.3, -0.25) is 0 Å². The zero-order valence-corrected chi connectivity index (χ0v) is 12.4. The van der Waals surface area contributed by atoms with Gasteiger partial charge < -0.3 is 5.32 Å². The van der Waals surface area contributed by atoms with Gasteiger partial charge in [-0.25, -0.2) is 4.39 Å². The largest absolute Gasteiger partial charge is 0.416 e. The zero-order valence-electron chi connectivity index (χ0n) is 11.6. The summed E-state index contributed by atoms with van der Waals surface area (Å²) in [7, 11) is 0. The zero-order chi connectivity index (χ0) is 15.6. The van der Waals surface area contributed by atoms with E-state index in [1.807, 2.05) is 25.3 Å². The fourth-order valence-corrected chi connectivity index (χ4v) is 3.19. The standard InChI is InChI=1S/C15H15F4NS/c1-3-20-13(14-9(2)6-7-21-14)11-8-10(15(17,18)19)4-5-12(11)16/h4-8,13,20H,3H2,1-2H3. The maximum absolute atomic E-state index is 14.1. The van der Waals surface area contributed by atoms with Crippen molar-refractivity contribution in [3.05, 3.63) is 57.0 Å². The molecule has 1 aromatic carbocycles. The number of aryl methyl sites for hydroxylation is 1. The van der Waals surface area contributed by atoms with Gasteiger partial charge in [0.25, 0.3) is 0 Å². The van der Waals surface area contributed by atoms with Crippen molar-refractivity contribution in [2.75, 3.05) is 6.54 Å². The van der Waals surface area contributed by atoms with Crippen LogP contribution in [-0.2, 0) is 6.18 Å². The summed E-state index contributed by atoms with van der Waals surface area (Å²) in [4.78, 5) is 0.829. The van der Waals surface area contributed by atoms with Gasteiger partial charge in [0.15, 0.2) is 0 Å². The predicted octanol–water partition coefficient (Wildman–Crippen LogP) is 4.91. The molecule has 0 amide bonds. The third-order valence-electron chi connectivity index (χ3n) is 3.21. The van der Waals surface area contributed by atoms with Crippen LogP contribution in [-0.4, -0.2) is 6.54 Å². The first kappa shape index (κ1) is 16.0. The molecule has 0 aliphatic rings. The van der Waals surface area contributed by atoms with Gasteiger partial charge in [-0.2, -0.15) is 13.2 Å². The monoisotopic (exact) mass is 317 g/mol. The summed E-state index contributed by atoms with van der Waals surface area (Å²) in [5, 5.41) is 4.91. The van der Waals surface area contributed by atoms with Gasteiger partial charge in [0, 0.05) is 10.4 Å². The number of rotatable bonds is 4. The van der Waals surface area contributed by atoms with Gasteiger partial charge in [-0.1, -0.05) is 6.92 Å². The van der Waals surface area contributed by atoms with Crippen molar-refractivity contribution < 1.29 is 17.6 Å². The molecule has 0 aliphatic heterocycles. The first-order valence-corrected chi connectivity index (χ1v) is 7.36. The van der Waals surface area contributed by atoms with Crippen LogP contribution in [0.3, 0.4) is 0 Å². The topological polar surface area (TPSA) is 12.0 Å². The lowest BCUT2D eigenvalue weighted by Gasteiger charge is -2.20. The summed E-state index contributed by atoms with van der Waals surface area (Å²) in [6.07, 6.45) is -4.48. The normalized spacial score (nSPS) is 13.4. The average Bonchev–Trinajstić information content (AvgIpc) is 2.82. The van der Waals surface area contributed by atoms with E-state index in [0.29, 0.717) is 6.54 Å². The van der Waals surface area contributed by atoms with Gasteiger partial charge in [0.05, 0.1) is 11.6 Å². The minimum Gasteiger partial charge on any atom is -0.306 e. The van der Waals surface area contributed by atoms with E-state index >= 15 is 0 Å². The van der Waals surface area contributed by atoms with E-state index in [1.165, 1.54) is 11.3 Å². The molecule has 0 fully saturated rings. The fraction of sp³-hybridized carbons (Fsp3) is 0.333. The van der Waals surface area contributed by atoms with Gasteiger partial charge >= 0.3 is 6.18 Å². The van der Waals surface area contributed by atoms with Gasteiger partial charge in [-0.05, 0) is 48.7 Å². The van der Waals surface area contributed by atoms with Gasteiger partial charge in [0.2, 0.25) is 0 Å². The number of alkyl halides is 3. The SMILES string of the molecule is CCNC(c1cc(C(F)(F)F)ccc1F)c1sccc1C. The summed E-state index contributed by atoms with van der Waals surface area (Å²) in [6, 6.07) is 3.84. The molecule has 114 valence electrons. The molecular weight excluding hydrogens is 302 g/mol. The summed E-state index contributed by atoms with van der Waals surface area (Å²) >= 11 is 1.40. The number of hydrogen-bond donors (Lipinski definition) is 1. The highest BCUT2D eigenvalue weighted by Crippen LogP contribution is 2.35. The molecule has 1 atom stereocenters. The Kier molecular flexibility index (Phi) is 4.68. The third kappa shape index (κ3) is 3.44. The maximum atomic E-state index is 14.1. The van der Waals surface area contributed by atoms with Crippen molar-refractivity contribution in [3.8, 4) is 0 Å². The lowest BCUT2D eigenvalue weighted by atomic mass is 9.99. The first-order valence-electron chi connectivity index (χ1n) is 6.48. The smallest absolute Gasteiger partial charge is 0.306 e. The Morgan fingerprint density at radius 1 is 1.24 bits per heavy atom. The number of hydrogen-bond acceptors (Lipinski definition) is 2. The number of halogens is 4. The van der Waals surface area contributed by atoms with Crippen LogP contribution in [0, 0.1) is 12.7 Å². The third-order valence-corrected chi connectivity index (χ3v) is 4.29. The molecule has 1 heterocycles. The molecule has 0 bridgehead atoms. The predicted molar refractivity (Wildman–Crippen MR) is 76.0 cm³/mol. The Hall–Kier alpha value is -1.40. The molecule has 0 aliphatic carbocycles. The Balaban J connectivity index is 2.52. The highest BCUT2D eigenvalue weighted by molar-refractivity contribution is 7.10. The lowest BCUT2D eigenvalue weighted by Crippen LogP contribution is -2.23.